The van der Waals surface area contributed by atoms with Crippen molar-refractivity contribution in [3.63, 3.8) is 0 Å². The Morgan fingerprint density at radius 2 is 0.705 bits per heavy atom. The van der Waals surface area contributed by atoms with Crippen molar-refractivity contribution < 1.29 is 0 Å². The summed E-state index contributed by atoms with van der Waals surface area (Å²) in [6.07, 6.45) is 0. The number of para-hydroxylation sites is 2. The Balaban J connectivity index is 0.00000106. The number of anilines is 6. The van der Waals surface area contributed by atoms with Crippen molar-refractivity contribution in [2.24, 2.45) is 0 Å². The molecule has 0 N–H and O–H groups in total. The quantitative estimate of drug-likeness (QED) is 0.171. The Hall–Kier alpha value is -4.60. The summed E-state index contributed by atoms with van der Waals surface area (Å²) in [5.74, 6) is 0. The average Bonchev–Trinajstić information content (AvgIpc) is 3.09. The number of aryl methyl sites for hydroxylation is 1. The van der Waals surface area contributed by atoms with Crippen molar-refractivity contribution in [2.45, 2.75) is 34.6 Å². The minimum atomic E-state index is 1.07. The van der Waals surface area contributed by atoms with Crippen molar-refractivity contribution in [1.29, 1.82) is 0 Å². The lowest BCUT2D eigenvalue weighted by Gasteiger charge is -2.26. The summed E-state index contributed by atoms with van der Waals surface area (Å²) >= 11 is 3.56. The molecule has 6 aromatic rings. The smallest absolute Gasteiger partial charge is 0.0464 e. The first-order chi connectivity index (χ1) is 21.7. The van der Waals surface area contributed by atoms with Crippen molar-refractivity contribution in [3.8, 4) is 11.1 Å². The second-order valence-corrected chi connectivity index (χ2v) is 10.7. The van der Waals surface area contributed by atoms with Crippen LogP contribution in [0.2, 0.25) is 0 Å². The van der Waals surface area contributed by atoms with E-state index < -0.39 is 0 Å². The fourth-order valence-electron chi connectivity index (χ4n) is 5.01. The standard InChI is InChI=1S/C37H29BrN2.2C2H6/c1-28-9-8-14-37(27-28)40(33-12-6-3-7-13-33)35-23-17-30(18-24-35)29-15-21-34(22-16-29)39(32-10-4-2-5-11-32)36-25-19-31(38)20-26-36;2*1-2/h2-27H,1H3;2*1-2H3. The monoisotopic (exact) mass is 640 g/mol. The van der Waals surface area contributed by atoms with Crippen LogP contribution >= 0.6 is 15.9 Å². The highest BCUT2D eigenvalue weighted by Gasteiger charge is 2.14. The molecule has 44 heavy (non-hydrogen) atoms. The van der Waals surface area contributed by atoms with Gasteiger partial charge in [0.15, 0.2) is 0 Å². The largest absolute Gasteiger partial charge is 0.311 e. The molecule has 0 saturated heterocycles. The molecule has 2 nitrogen and oxygen atoms in total. The molecule has 222 valence electrons. The summed E-state index contributed by atoms with van der Waals surface area (Å²) in [5, 5.41) is 0. The van der Waals surface area contributed by atoms with Gasteiger partial charge in [0, 0.05) is 38.6 Å². The first-order valence-electron chi connectivity index (χ1n) is 15.4. The van der Waals surface area contributed by atoms with Crippen LogP contribution < -0.4 is 9.80 Å². The van der Waals surface area contributed by atoms with E-state index in [0.717, 1.165) is 38.6 Å². The van der Waals surface area contributed by atoms with Crippen LogP contribution in [0, 0.1) is 6.92 Å². The Morgan fingerprint density at radius 3 is 1.11 bits per heavy atom. The lowest BCUT2D eigenvalue weighted by molar-refractivity contribution is 1.27. The number of benzene rings is 6. The van der Waals surface area contributed by atoms with Crippen LogP contribution in [0.1, 0.15) is 33.3 Å². The summed E-state index contributed by atoms with van der Waals surface area (Å²) in [6.45, 7) is 10.1. The van der Waals surface area contributed by atoms with E-state index in [2.05, 4.69) is 184 Å². The number of hydrogen-bond donors (Lipinski definition) is 0. The third-order valence-electron chi connectivity index (χ3n) is 6.96. The summed E-state index contributed by atoms with van der Waals surface area (Å²) < 4.78 is 1.07. The first-order valence-corrected chi connectivity index (χ1v) is 16.2. The van der Waals surface area contributed by atoms with Crippen LogP contribution in [-0.4, -0.2) is 0 Å². The fraction of sp³-hybridized carbons (Fsp3) is 0.122. The predicted molar refractivity (Wildman–Crippen MR) is 196 cm³/mol. The highest BCUT2D eigenvalue weighted by Crippen LogP contribution is 2.38. The second-order valence-electron chi connectivity index (χ2n) is 9.75. The van der Waals surface area contributed by atoms with Gasteiger partial charge >= 0.3 is 0 Å². The molecule has 0 radical (unpaired) electrons. The SMILES string of the molecule is CC.CC.Cc1cccc(N(c2ccccc2)c2ccc(-c3ccc(N(c4ccccc4)c4ccc(Br)cc4)cc3)cc2)c1. The van der Waals surface area contributed by atoms with Crippen molar-refractivity contribution in [2.75, 3.05) is 9.80 Å². The van der Waals surface area contributed by atoms with Crippen molar-refractivity contribution in [1.82, 2.24) is 0 Å². The fourth-order valence-corrected chi connectivity index (χ4v) is 5.28. The molecule has 0 atom stereocenters. The van der Waals surface area contributed by atoms with E-state index in [1.807, 2.05) is 33.8 Å². The predicted octanol–water partition coefficient (Wildman–Crippen LogP) is 13.4. The number of hydrogen-bond acceptors (Lipinski definition) is 2. The minimum absolute atomic E-state index is 1.07. The molecular formula is C41H41BrN2. The number of nitrogens with zero attached hydrogens (tertiary/aromatic N) is 2. The van der Waals surface area contributed by atoms with Gasteiger partial charge in [0.2, 0.25) is 0 Å². The van der Waals surface area contributed by atoms with Crippen LogP contribution in [0.25, 0.3) is 11.1 Å². The molecule has 0 aliphatic rings. The number of rotatable bonds is 7. The molecule has 0 fully saturated rings. The Morgan fingerprint density at radius 1 is 0.364 bits per heavy atom. The normalized spacial score (nSPS) is 10.0. The van der Waals surface area contributed by atoms with Gasteiger partial charge in [0.1, 0.15) is 0 Å². The van der Waals surface area contributed by atoms with E-state index in [1.54, 1.807) is 0 Å². The van der Waals surface area contributed by atoms with E-state index in [4.69, 9.17) is 0 Å². The zero-order valence-electron chi connectivity index (χ0n) is 26.3. The maximum absolute atomic E-state index is 3.56. The molecule has 0 unspecified atom stereocenters. The van der Waals surface area contributed by atoms with Crippen LogP contribution in [0.5, 0.6) is 0 Å². The topological polar surface area (TPSA) is 6.48 Å². The molecular weight excluding hydrogens is 600 g/mol. The first kappa shape index (κ1) is 32.3. The van der Waals surface area contributed by atoms with Gasteiger partial charge < -0.3 is 9.80 Å². The van der Waals surface area contributed by atoms with Crippen LogP contribution in [0.3, 0.4) is 0 Å². The molecule has 0 aliphatic heterocycles. The maximum atomic E-state index is 3.56. The third-order valence-corrected chi connectivity index (χ3v) is 7.49. The van der Waals surface area contributed by atoms with Gasteiger partial charge in [0.05, 0.1) is 0 Å². The van der Waals surface area contributed by atoms with Gasteiger partial charge in [-0.25, -0.2) is 0 Å². The van der Waals surface area contributed by atoms with Gasteiger partial charge in [-0.2, -0.15) is 0 Å². The lowest BCUT2D eigenvalue weighted by Crippen LogP contribution is -2.10. The van der Waals surface area contributed by atoms with Crippen molar-refractivity contribution >= 4 is 50.1 Å². The van der Waals surface area contributed by atoms with Gasteiger partial charge in [-0.15, -0.1) is 0 Å². The van der Waals surface area contributed by atoms with E-state index in [9.17, 15) is 0 Å². The summed E-state index contributed by atoms with van der Waals surface area (Å²) in [6, 6.07) is 55.7. The van der Waals surface area contributed by atoms with E-state index in [0.29, 0.717) is 0 Å². The summed E-state index contributed by atoms with van der Waals surface area (Å²) in [7, 11) is 0. The molecule has 0 bridgehead atoms. The van der Waals surface area contributed by atoms with Crippen LogP contribution in [0.4, 0.5) is 34.1 Å². The second kappa shape index (κ2) is 16.3. The third kappa shape index (κ3) is 7.86. The molecule has 0 amide bonds. The zero-order valence-corrected chi connectivity index (χ0v) is 27.9. The van der Waals surface area contributed by atoms with Gasteiger partial charge in [-0.1, -0.05) is 116 Å². The molecule has 6 aromatic carbocycles. The summed E-state index contributed by atoms with van der Waals surface area (Å²) in [4.78, 5) is 4.58. The highest BCUT2D eigenvalue weighted by atomic mass is 79.9. The maximum Gasteiger partial charge on any atom is 0.0464 e. The van der Waals surface area contributed by atoms with Gasteiger partial charge in [-0.3, -0.25) is 0 Å². The number of halogens is 1. The van der Waals surface area contributed by atoms with E-state index >= 15 is 0 Å². The Labute approximate surface area is 272 Å². The molecule has 3 heteroatoms. The van der Waals surface area contributed by atoms with E-state index in [-0.39, 0.29) is 0 Å². The van der Waals surface area contributed by atoms with Crippen molar-refractivity contribution in [3.05, 3.63) is 168 Å². The van der Waals surface area contributed by atoms with E-state index in [1.165, 1.54) is 16.7 Å². The molecule has 0 saturated carbocycles. The lowest BCUT2D eigenvalue weighted by atomic mass is 10.0. The molecule has 0 spiro atoms. The van der Waals surface area contributed by atoms with Crippen LogP contribution in [-0.2, 0) is 0 Å². The average molecular weight is 642 g/mol. The molecule has 0 aliphatic carbocycles. The highest BCUT2D eigenvalue weighted by molar-refractivity contribution is 9.10. The van der Waals surface area contributed by atoms with Crippen LogP contribution in [0.15, 0.2) is 162 Å². The molecule has 0 aromatic heterocycles. The summed E-state index contributed by atoms with van der Waals surface area (Å²) in [5.41, 5.74) is 10.4. The van der Waals surface area contributed by atoms with Gasteiger partial charge in [-0.05, 0) is 109 Å². The molecule has 6 rings (SSSR count). The zero-order chi connectivity index (χ0) is 31.3. The minimum Gasteiger partial charge on any atom is -0.311 e. The molecule has 0 heterocycles. The van der Waals surface area contributed by atoms with Gasteiger partial charge in [0.25, 0.3) is 0 Å². The Kier molecular flexibility index (Phi) is 12.0. The Bertz CT molecular complexity index is 1680.